The van der Waals surface area contributed by atoms with Crippen molar-refractivity contribution in [3.8, 4) is 17.1 Å². The molecule has 4 aromatic carbocycles. The van der Waals surface area contributed by atoms with Gasteiger partial charge in [0.1, 0.15) is 5.82 Å². The van der Waals surface area contributed by atoms with Gasteiger partial charge in [0.05, 0.1) is 16.7 Å². The van der Waals surface area contributed by atoms with Gasteiger partial charge in [-0.2, -0.15) is 0 Å². The number of benzene rings is 4. The lowest BCUT2D eigenvalue weighted by Crippen LogP contribution is -2.20. The van der Waals surface area contributed by atoms with Gasteiger partial charge >= 0.3 is 0 Å². The van der Waals surface area contributed by atoms with E-state index in [1.54, 1.807) is 12.4 Å². The Bertz CT molecular complexity index is 2230. The van der Waals surface area contributed by atoms with Crippen LogP contribution in [0.25, 0.3) is 55.2 Å². The molecular weight excluding hydrogens is 526 g/mol. The Kier molecular flexibility index (Phi) is 5.93. The van der Waals surface area contributed by atoms with Crippen LogP contribution in [0.5, 0.6) is 0 Å². The summed E-state index contributed by atoms with van der Waals surface area (Å²) < 4.78 is 2.39. The highest BCUT2D eigenvalue weighted by molar-refractivity contribution is 6.19. The molecule has 4 heterocycles. The summed E-state index contributed by atoms with van der Waals surface area (Å²) in [6.07, 6.45) is 13.7. The predicted molar refractivity (Wildman–Crippen MR) is 178 cm³/mol. The topological polar surface area (TPSA) is 46.8 Å². The van der Waals surface area contributed by atoms with Crippen LogP contribution in [0.4, 0.5) is 11.5 Å². The predicted octanol–water partition coefficient (Wildman–Crippen LogP) is 9.07. The number of fused-ring (bicyclic) bond motifs is 6. The van der Waals surface area contributed by atoms with Gasteiger partial charge in [-0.05, 0) is 59.5 Å². The van der Waals surface area contributed by atoms with Crippen LogP contribution in [0.3, 0.4) is 0 Å². The van der Waals surface area contributed by atoms with Crippen molar-refractivity contribution in [2.45, 2.75) is 0 Å². The summed E-state index contributed by atoms with van der Waals surface area (Å²) >= 11 is 0. The van der Waals surface area contributed by atoms with Crippen molar-refractivity contribution in [3.05, 3.63) is 152 Å². The maximum atomic E-state index is 4.99. The Hall–Kier alpha value is -5.81. The fourth-order valence-electron chi connectivity index (χ4n) is 6.10. The molecule has 0 unspecified atom stereocenters. The summed E-state index contributed by atoms with van der Waals surface area (Å²) in [4.78, 5) is 16.0. The summed E-state index contributed by atoms with van der Waals surface area (Å²) in [6.45, 7) is 5.15. The third-order valence-electron chi connectivity index (χ3n) is 8.09. The number of nitrogens with zero attached hydrogens (tertiary/aromatic N) is 5. The van der Waals surface area contributed by atoms with Crippen LogP contribution < -0.4 is 4.90 Å². The lowest BCUT2D eigenvalue weighted by atomic mass is 9.97. The van der Waals surface area contributed by atoms with Gasteiger partial charge in [-0.3, -0.25) is 4.98 Å². The number of allylic oxidation sites excluding steroid dienone is 4. The zero-order valence-electron chi connectivity index (χ0n) is 23.4. The Morgan fingerprint density at radius 3 is 2.51 bits per heavy atom. The van der Waals surface area contributed by atoms with E-state index in [2.05, 4.69) is 129 Å². The minimum absolute atomic E-state index is 0.642. The first kappa shape index (κ1) is 24.9. The Morgan fingerprint density at radius 2 is 1.63 bits per heavy atom. The maximum Gasteiger partial charge on any atom is 0.163 e. The number of hydrogen-bond acceptors (Lipinski definition) is 4. The third kappa shape index (κ3) is 4.21. The molecule has 0 bridgehead atoms. The van der Waals surface area contributed by atoms with Crippen LogP contribution in [0, 0.1) is 0 Å². The fourth-order valence-corrected chi connectivity index (χ4v) is 6.10. The second-order valence-corrected chi connectivity index (χ2v) is 10.6. The van der Waals surface area contributed by atoms with E-state index < -0.39 is 0 Å². The average Bonchev–Trinajstić information content (AvgIpc) is 3.44. The van der Waals surface area contributed by atoms with Crippen LogP contribution >= 0.6 is 0 Å². The van der Waals surface area contributed by atoms with Crippen LogP contribution in [-0.2, 0) is 0 Å². The van der Waals surface area contributed by atoms with Gasteiger partial charge in [-0.15, -0.1) is 0 Å². The molecule has 0 atom stereocenters. The number of rotatable bonds is 3. The van der Waals surface area contributed by atoms with E-state index in [1.165, 1.54) is 27.2 Å². The highest BCUT2D eigenvalue weighted by Gasteiger charge is 2.21. The minimum atomic E-state index is 0.642. The van der Waals surface area contributed by atoms with Gasteiger partial charge in [0, 0.05) is 58.1 Å². The molecular formula is C38H27N5. The van der Waals surface area contributed by atoms with Gasteiger partial charge in [0.25, 0.3) is 0 Å². The van der Waals surface area contributed by atoms with E-state index in [4.69, 9.17) is 4.98 Å². The van der Waals surface area contributed by atoms with E-state index in [0.717, 1.165) is 39.3 Å². The van der Waals surface area contributed by atoms with E-state index in [9.17, 15) is 0 Å². The summed E-state index contributed by atoms with van der Waals surface area (Å²) in [6, 6.07) is 34.2. The smallest absolute Gasteiger partial charge is 0.163 e. The molecule has 0 aliphatic carbocycles. The molecule has 5 heteroatoms. The van der Waals surface area contributed by atoms with Crippen molar-refractivity contribution in [3.63, 3.8) is 0 Å². The van der Waals surface area contributed by atoms with Gasteiger partial charge in [0.2, 0.25) is 0 Å². The van der Waals surface area contributed by atoms with E-state index >= 15 is 0 Å². The third-order valence-corrected chi connectivity index (χ3v) is 8.09. The number of aromatic nitrogens is 4. The molecule has 1 aliphatic rings. The summed E-state index contributed by atoms with van der Waals surface area (Å²) in [7, 11) is 0. The highest BCUT2D eigenvalue weighted by atomic mass is 15.2. The second-order valence-electron chi connectivity index (χ2n) is 10.6. The number of anilines is 2. The monoisotopic (exact) mass is 553 g/mol. The maximum absolute atomic E-state index is 4.99. The zero-order chi connectivity index (χ0) is 28.8. The lowest BCUT2D eigenvalue weighted by Gasteiger charge is -2.26. The van der Waals surface area contributed by atoms with E-state index in [1.807, 2.05) is 24.4 Å². The van der Waals surface area contributed by atoms with Crippen molar-refractivity contribution in [1.82, 2.24) is 19.5 Å². The van der Waals surface area contributed by atoms with Crippen molar-refractivity contribution in [1.29, 1.82) is 0 Å². The van der Waals surface area contributed by atoms with Crippen LogP contribution in [0.1, 0.15) is 5.56 Å². The quantitative estimate of drug-likeness (QED) is 0.219. The van der Waals surface area contributed by atoms with Crippen molar-refractivity contribution < 1.29 is 0 Å². The molecule has 5 nitrogen and oxygen atoms in total. The first-order valence-corrected chi connectivity index (χ1v) is 14.3. The first-order valence-electron chi connectivity index (χ1n) is 14.3. The average molecular weight is 554 g/mol. The molecule has 0 N–H and O–H groups in total. The summed E-state index contributed by atoms with van der Waals surface area (Å²) in [5.74, 6) is 1.45. The fraction of sp³-hybridized carbons (Fsp3) is 0.0263. The molecule has 43 heavy (non-hydrogen) atoms. The van der Waals surface area contributed by atoms with E-state index in [0.29, 0.717) is 12.4 Å². The minimum Gasteiger partial charge on any atom is -0.322 e. The van der Waals surface area contributed by atoms with Crippen molar-refractivity contribution in [2.75, 3.05) is 11.4 Å². The van der Waals surface area contributed by atoms with Gasteiger partial charge < -0.3 is 9.47 Å². The molecule has 3 aromatic heterocycles. The second kappa shape index (κ2) is 10.2. The largest absolute Gasteiger partial charge is 0.322 e. The standard InChI is InChI=1S/C38H27N5/c1-26-11-4-3-9-22-42(36-19-21-40-38(41-36)28-12-10-20-39-25-28)35-23-27-17-18-31-30-15-7-8-16-34(30)43(29-13-5-2-6-14-29)37(31)33(27)24-32(26)35/h2-21,23-25H,1,22H2/b9-3-,11-4-. The molecule has 7 aromatic rings. The summed E-state index contributed by atoms with van der Waals surface area (Å²) in [5.41, 5.74) is 7.44. The normalized spacial score (nSPS) is 14.8. The SMILES string of the molecule is C=C1/C=C\C=C/CN(c2ccnc(-c3cccnc3)n2)c2cc3ccc4c5ccccc5n(-c5ccccc5)c4c3cc21. The lowest BCUT2D eigenvalue weighted by molar-refractivity contribution is 1.03. The Morgan fingerprint density at radius 1 is 0.744 bits per heavy atom. The zero-order valence-corrected chi connectivity index (χ0v) is 23.4. The Labute approximate surface area is 249 Å². The molecule has 0 fully saturated rings. The molecule has 204 valence electrons. The highest BCUT2D eigenvalue weighted by Crippen LogP contribution is 2.41. The van der Waals surface area contributed by atoms with Gasteiger partial charge in [-0.25, -0.2) is 9.97 Å². The molecule has 0 saturated heterocycles. The van der Waals surface area contributed by atoms with Gasteiger partial charge in [-0.1, -0.05) is 79.4 Å². The van der Waals surface area contributed by atoms with Crippen molar-refractivity contribution >= 4 is 49.7 Å². The summed E-state index contributed by atoms with van der Waals surface area (Å²) in [5, 5.41) is 4.79. The molecule has 0 radical (unpaired) electrons. The molecule has 0 amide bonds. The van der Waals surface area contributed by atoms with E-state index in [-0.39, 0.29) is 0 Å². The number of pyridine rings is 1. The van der Waals surface area contributed by atoms with Crippen LogP contribution in [0.15, 0.2) is 147 Å². The molecule has 0 spiro atoms. The first-order chi connectivity index (χ1) is 21.3. The number of hydrogen-bond donors (Lipinski definition) is 0. The molecule has 0 saturated carbocycles. The molecule has 8 rings (SSSR count). The number of para-hydroxylation sites is 2. The van der Waals surface area contributed by atoms with Crippen LogP contribution in [0.2, 0.25) is 0 Å². The van der Waals surface area contributed by atoms with Gasteiger partial charge in [0.15, 0.2) is 5.82 Å². The Balaban J connectivity index is 1.41. The van der Waals surface area contributed by atoms with Crippen LogP contribution in [-0.4, -0.2) is 26.1 Å². The van der Waals surface area contributed by atoms with Crippen molar-refractivity contribution in [2.24, 2.45) is 0 Å². The molecule has 1 aliphatic heterocycles.